The smallest absolute Gasteiger partial charge is 0.236 e. The molecule has 2 aliphatic heterocycles. The van der Waals surface area contributed by atoms with E-state index in [2.05, 4.69) is 44.5 Å². The molecule has 6 heteroatoms. The third-order valence-corrected chi connectivity index (χ3v) is 5.81. The second kappa shape index (κ2) is 9.51. The first-order valence-electron chi connectivity index (χ1n) is 10.3. The number of imidazole rings is 1. The predicted molar refractivity (Wildman–Crippen MR) is 104 cm³/mol. The number of rotatable bonds is 6. The number of hydrogen-bond donors (Lipinski definition) is 0. The van der Waals surface area contributed by atoms with E-state index < -0.39 is 0 Å². The molecule has 3 heterocycles. The van der Waals surface area contributed by atoms with Crippen LogP contribution in [0.3, 0.4) is 0 Å². The standard InChI is InChI=1S/C20H35N5O/c1-22(2)15-16-25-14-9-21-20(25)18-7-12-24(13-8-18)19(26)17-23-10-5-3-4-6-11-23/h9,14,18H,3-8,10-13,15-17H2,1-2H3. The van der Waals surface area contributed by atoms with Crippen molar-refractivity contribution in [1.29, 1.82) is 0 Å². The Kier molecular flexibility index (Phi) is 7.08. The number of carbonyl (C=O) groups excluding carboxylic acids is 1. The Balaban J connectivity index is 1.48. The van der Waals surface area contributed by atoms with Crippen molar-refractivity contribution >= 4 is 5.91 Å². The highest BCUT2D eigenvalue weighted by Gasteiger charge is 2.27. The Bertz CT molecular complexity index is 554. The average molecular weight is 362 g/mol. The molecule has 26 heavy (non-hydrogen) atoms. The van der Waals surface area contributed by atoms with Gasteiger partial charge in [-0.3, -0.25) is 9.69 Å². The summed E-state index contributed by atoms with van der Waals surface area (Å²) in [4.78, 5) is 23.9. The van der Waals surface area contributed by atoms with Crippen molar-refractivity contribution in [2.24, 2.45) is 0 Å². The molecule has 0 bridgehead atoms. The van der Waals surface area contributed by atoms with Crippen LogP contribution in [-0.4, -0.2) is 83.5 Å². The van der Waals surface area contributed by atoms with Crippen LogP contribution in [0.2, 0.25) is 0 Å². The normalized spacial score (nSPS) is 20.5. The lowest BCUT2D eigenvalue weighted by Gasteiger charge is -2.33. The highest BCUT2D eigenvalue weighted by Crippen LogP contribution is 2.27. The van der Waals surface area contributed by atoms with Crippen molar-refractivity contribution in [2.45, 2.75) is 51.0 Å². The van der Waals surface area contributed by atoms with Crippen molar-refractivity contribution in [3.8, 4) is 0 Å². The minimum atomic E-state index is 0.321. The fraction of sp³-hybridized carbons (Fsp3) is 0.800. The monoisotopic (exact) mass is 361 g/mol. The van der Waals surface area contributed by atoms with E-state index in [0.717, 1.165) is 52.1 Å². The van der Waals surface area contributed by atoms with Gasteiger partial charge in [-0.05, 0) is 52.9 Å². The van der Waals surface area contributed by atoms with E-state index in [9.17, 15) is 4.79 Å². The molecule has 6 nitrogen and oxygen atoms in total. The van der Waals surface area contributed by atoms with E-state index in [1.54, 1.807) is 0 Å². The molecule has 0 saturated carbocycles. The van der Waals surface area contributed by atoms with Crippen LogP contribution in [0.25, 0.3) is 0 Å². The van der Waals surface area contributed by atoms with E-state index in [1.165, 1.54) is 31.5 Å². The van der Waals surface area contributed by atoms with Crippen molar-refractivity contribution in [3.05, 3.63) is 18.2 Å². The van der Waals surface area contributed by atoms with Crippen LogP contribution in [0.4, 0.5) is 0 Å². The zero-order valence-corrected chi connectivity index (χ0v) is 16.6. The molecule has 3 rings (SSSR count). The van der Waals surface area contributed by atoms with E-state index in [1.807, 2.05) is 6.20 Å². The fourth-order valence-electron chi connectivity index (χ4n) is 4.15. The quantitative estimate of drug-likeness (QED) is 0.778. The Morgan fingerprint density at radius 2 is 1.81 bits per heavy atom. The summed E-state index contributed by atoms with van der Waals surface area (Å²) >= 11 is 0. The van der Waals surface area contributed by atoms with E-state index in [-0.39, 0.29) is 0 Å². The lowest BCUT2D eigenvalue weighted by molar-refractivity contribution is -0.133. The summed E-state index contributed by atoms with van der Waals surface area (Å²) in [6.07, 6.45) is 11.2. The van der Waals surface area contributed by atoms with Crippen LogP contribution in [0.15, 0.2) is 12.4 Å². The lowest BCUT2D eigenvalue weighted by Crippen LogP contribution is -2.44. The zero-order chi connectivity index (χ0) is 18.4. The fourth-order valence-corrected chi connectivity index (χ4v) is 4.15. The number of likely N-dealkylation sites (tertiary alicyclic amines) is 2. The Hall–Kier alpha value is -1.40. The molecule has 0 aromatic carbocycles. The van der Waals surface area contributed by atoms with Crippen molar-refractivity contribution in [2.75, 3.05) is 53.4 Å². The summed E-state index contributed by atoms with van der Waals surface area (Å²) < 4.78 is 2.29. The van der Waals surface area contributed by atoms with Crippen LogP contribution >= 0.6 is 0 Å². The van der Waals surface area contributed by atoms with Gasteiger partial charge in [0.15, 0.2) is 0 Å². The summed E-state index contributed by atoms with van der Waals surface area (Å²) in [5.74, 6) is 2.00. The molecular weight excluding hydrogens is 326 g/mol. The molecule has 0 radical (unpaired) electrons. The molecule has 2 saturated heterocycles. The van der Waals surface area contributed by atoms with Crippen LogP contribution < -0.4 is 0 Å². The molecule has 0 spiro atoms. The van der Waals surface area contributed by atoms with Gasteiger partial charge in [0.2, 0.25) is 5.91 Å². The number of carbonyl (C=O) groups is 1. The maximum Gasteiger partial charge on any atom is 0.236 e. The van der Waals surface area contributed by atoms with Gasteiger partial charge in [-0.15, -0.1) is 0 Å². The minimum absolute atomic E-state index is 0.321. The van der Waals surface area contributed by atoms with E-state index in [0.29, 0.717) is 18.4 Å². The van der Waals surface area contributed by atoms with Gasteiger partial charge >= 0.3 is 0 Å². The van der Waals surface area contributed by atoms with Gasteiger partial charge in [-0.1, -0.05) is 12.8 Å². The number of likely N-dealkylation sites (N-methyl/N-ethyl adjacent to an activating group) is 1. The molecular formula is C20H35N5O. The van der Waals surface area contributed by atoms with Crippen molar-refractivity contribution in [1.82, 2.24) is 24.3 Å². The molecule has 1 amide bonds. The second-order valence-corrected chi connectivity index (χ2v) is 8.13. The molecule has 2 fully saturated rings. The van der Waals surface area contributed by atoms with Gasteiger partial charge in [0, 0.05) is 44.5 Å². The highest BCUT2D eigenvalue weighted by molar-refractivity contribution is 5.78. The Morgan fingerprint density at radius 1 is 1.12 bits per heavy atom. The average Bonchev–Trinajstić information content (AvgIpc) is 2.96. The third-order valence-electron chi connectivity index (χ3n) is 5.81. The highest BCUT2D eigenvalue weighted by atomic mass is 16.2. The maximum absolute atomic E-state index is 12.7. The largest absolute Gasteiger partial charge is 0.342 e. The summed E-state index contributed by atoms with van der Waals surface area (Å²) in [7, 11) is 4.20. The van der Waals surface area contributed by atoms with Crippen molar-refractivity contribution in [3.63, 3.8) is 0 Å². The molecule has 0 atom stereocenters. The lowest BCUT2D eigenvalue weighted by atomic mass is 9.95. The van der Waals surface area contributed by atoms with Gasteiger partial charge < -0.3 is 14.4 Å². The number of amides is 1. The molecule has 0 aliphatic carbocycles. The molecule has 0 unspecified atom stereocenters. The zero-order valence-electron chi connectivity index (χ0n) is 16.6. The van der Waals surface area contributed by atoms with Crippen LogP contribution in [0.1, 0.15) is 50.3 Å². The maximum atomic E-state index is 12.7. The Labute approximate surface area is 158 Å². The van der Waals surface area contributed by atoms with Crippen LogP contribution in [-0.2, 0) is 11.3 Å². The first-order chi connectivity index (χ1) is 12.6. The van der Waals surface area contributed by atoms with Gasteiger partial charge in [0.1, 0.15) is 5.82 Å². The van der Waals surface area contributed by atoms with Crippen molar-refractivity contribution < 1.29 is 4.79 Å². The summed E-state index contributed by atoms with van der Waals surface area (Å²) in [6, 6.07) is 0. The second-order valence-electron chi connectivity index (χ2n) is 8.13. The van der Waals surface area contributed by atoms with E-state index >= 15 is 0 Å². The van der Waals surface area contributed by atoms with Crippen LogP contribution in [0.5, 0.6) is 0 Å². The first-order valence-corrected chi connectivity index (χ1v) is 10.3. The van der Waals surface area contributed by atoms with Crippen LogP contribution in [0, 0.1) is 0 Å². The molecule has 1 aromatic rings. The summed E-state index contributed by atoms with van der Waals surface area (Å²) in [5, 5.41) is 0. The van der Waals surface area contributed by atoms with Gasteiger partial charge in [0.25, 0.3) is 0 Å². The summed E-state index contributed by atoms with van der Waals surface area (Å²) in [6.45, 7) is 6.54. The summed E-state index contributed by atoms with van der Waals surface area (Å²) in [5.41, 5.74) is 0. The number of piperidine rings is 1. The van der Waals surface area contributed by atoms with E-state index in [4.69, 9.17) is 0 Å². The topological polar surface area (TPSA) is 44.6 Å². The van der Waals surface area contributed by atoms with Gasteiger partial charge in [-0.2, -0.15) is 0 Å². The van der Waals surface area contributed by atoms with Gasteiger partial charge in [0.05, 0.1) is 6.54 Å². The predicted octanol–water partition coefficient (Wildman–Crippen LogP) is 2.03. The Morgan fingerprint density at radius 3 is 2.46 bits per heavy atom. The molecule has 1 aromatic heterocycles. The number of nitrogens with zero attached hydrogens (tertiary/aromatic N) is 5. The molecule has 146 valence electrons. The number of hydrogen-bond acceptors (Lipinski definition) is 4. The SMILES string of the molecule is CN(C)CCn1ccnc1C1CCN(C(=O)CN2CCCCCC2)CC1. The van der Waals surface area contributed by atoms with Gasteiger partial charge in [-0.25, -0.2) is 4.98 Å². The third kappa shape index (κ3) is 5.30. The first kappa shape index (κ1) is 19.4. The number of aromatic nitrogens is 2. The molecule has 0 N–H and O–H groups in total. The molecule has 2 aliphatic rings. The minimum Gasteiger partial charge on any atom is -0.342 e.